The second kappa shape index (κ2) is 2.48. The van der Waals surface area contributed by atoms with E-state index in [1.165, 1.54) is 0 Å². The molecule has 3 saturated heterocycles. The van der Waals surface area contributed by atoms with Crippen molar-refractivity contribution in [2.24, 2.45) is 5.92 Å². The third-order valence-corrected chi connectivity index (χ3v) is 3.43. The molecule has 0 aromatic rings. The van der Waals surface area contributed by atoms with Crippen molar-refractivity contribution in [2.75, 3.05) is 0 Å². The largest absolute Gasteiger partial charge is 0.388 e. The minimum atomic E-state index is -1.08. The summed E-state index contributed by atoms with van der Waals surface area (Å²) in [6.07, 6.45) is -2.67. The van der Waals surface area contributed by atoms with Crippen molar-refractivity contribution in [3.8, 4) is 0 Å². The number of rotatable bonds is 0. The van der Waals surface area contributed by atoms with Crippen LogP contribution in [0.15, 0.2) is 0 Å². The second-order valence-electron chi connectivity index (χ2n) is 4.45. The van der Waals surface area contributed by atoms with Crippen molar-refractivity contribution in [1.82, 2.24) is 0 Å². The first-order chi connectivity index (χ1) is 6.52. The smallest absolute Gasteiger partial charge is 0.281 e. The molecule has 5 heteroatoms. The topological polar surface area (TPSA) is 68.2 Å². The minimum Gasteiger partial charge on any atom is -0.388 e. The maximum atomic E-state index is 9.82. The van der Waals surface area contributed by atoms with E-state index < -0.39 is 24.3 Å². The van der Waals surface area contributed by atoms with Gasteiger partial charge in [0, 0.05) is 12.8 Å². The number of aliphatic hydroxyl groups is 2. The third kappa shape index (κ3) is 0.914. The number of hydrogen-bond acceptors (Lipinski definition) is 5. The van der Waals surface area contributed by atoms with E-state index in [1.807, 2.05) is 6.92 Å². The molecule has 3 heterocycles. The number of ether oxygens (including phenoxy) is 3. The van der Waals surface area contributed by atoms with Crippen LogP contribution in [0.4, 0.5) is 0 Å². The zero-order valence-corrected chi connectivity index (χ0v) is 8.08. The van der Waals surface area contributed by atoms with Crippen LogP contribution in [-0.4, -0.2) is 46.7 Å². The van der Waals surface area contributed by atoms with Crippen LogP contribution in [0.1, 0.15) is 13.8 Å². The normalized spacial score (nSPS) is 66.0. The standard InChI is InChI=1S/C9H14O5/c1-3-6-4(10)8-5(11)7(3)13-9(2,12-6)14-8/h3-8,10-11H,1-2H3/t3?,4?,5?,6-,7?,8?,9?/m1/s1. The summed E-state index contributed by atoms with van der Waals surface area (Å²) in [6.45, 7) is 3.58. The average Bonchev–Trinajstić information content (AvgIpc) is 2.14. The molecule has 7 atom stereocenters. The molecule has 0 spiro atoms. The van der Waals surface area contributed by atoms with Crippen LogP contribution in [-0.2, 0) is 14.2 Å². The molecule has 1 aliphatic carbocycles. The fourth-order valence-corrected chi connectivity index (χ4v) is 2.70. The summed E-state index contributed by atoms with van der Waals surface area (Å²) >= 11 is 0. The van der Waals surface area contributed by atoms with E-state index in [0.29, 0.717) is 0 Å². The van der Waals surface area contributed by atoms with Crippen LogP contribution < -0.4 is 0 Å². The molecule has 2 N–H and O–H groups in total. The summed E-state index contributed by atoms with van der Waals surface area (Å²) in [6, 6.07) is 0. The first-order valence-electron chi connectivity index (χ1n) is 4.91. The molecular formula is C9H14O5. The lowest BCUT2D eigenvalue weighted by atomic mass is 9.77. The molecule has 4 bridgehead atoms. The van der Waals surface area contributed by atoms with Crippen molar-refractivity contribution < 1.29 is 24.4 Å². The van der Waals surface area contributed by atoms with E-state index in [0.717, 1.165) is 0 Å². The molecule has 4 rings (SSSR count). The average molecular weight is 202 g/mol. The lowest BCUT2D eigenvalue weighted by molar-refractivity contribution is -0.527. The van der Waals surface area contributed by atoms with Crippen molar-refractivity contribution in [2.45, 2.75) is 50.3 Å². The molecule has 80 valence electrons. The van der Waals surface area contributed by atoms with Gasteiger partial charge in [-0.05, 0) is 0 Å². The predicted molar refractivity (Wildman–Crippen MR) is 44.2 cm³/mol. The Morgan fingerprint density at radius 3 is 1.86 bits per heavy atom. The van der Waals surface area contributed by atoms with Gasteiger partial charge < -0.3 is 24.4 Å². The highest BCUT2D eigenvalue weighted by molar-refractivity contribution is 5.05. The molecule has 3 aliphatic heterocycles. The van der Waals surface area contributed by atoms with E-state index in [1.54, 1.807) is 6.92 Å². The molecular weight excluding hydrogens is 188 g/mol. The maximum absolute atomic E-state index is 9.82. The lowest BCUT2D eigenvalue weighted by Crippen LogP contribution is -2.75. The summed E-state index contributed by atoms with van der Waals surface area (Å²) < 4.78 is 16.3. The van der Waals surface area contributed by atoms with Gasteiger partial charge in [0.1, 0.15) is 18.3 Å². The van der Waals surface area contributed by atoms with E-state index >= 15 is 0 Å². The minimum absolute atomic E-state index is 0.00627. The molecule has 5 nitrogen and oxygen atoms in total. The van der Waals surface area contributed by atoms with Crippen LogP contribution in [0.25, 0.3) is 0 Å². The monoisotopic (exact) mass is 202 g/mol. The molecule has 4 aliphatic rings. The molecule has 4 fully saturated rings. The third-order valence-electron chi connectivity index (χ3n) is 3.43. The Labute approximate surface area is 81.6 Å². The lowest BCUT2D eigenvalue weighted by Gasteiger charge is -2.60. The van der Waals surface area contributed by atoms with E-state index in [9.17, 15) is 10.2 Å². The Bertz CT molecular complexity index is 215. The van der Waals surface area contributed by atoms with Gasteiger partial charge in [-0.25, -0.2) is 0 Å². The molecule has 0 aromatic heterocycles. The first-order valence-corrected chi connectivity index (χ1v) is 4.91. The highest BCUT2D eigenvalue weighted by atomic mass is 16.9. The van der Waals surface area contributed by atoms with E-state index in [4.69, 9.17) is 14.2 Å². The van der Waals surface area contributed by atoms with Gasteiger partial charge in [-0.2, -0.15) is 0 Å². The number of hydrogen-bond donors (Lipinski definition) is 2. The summed E-state index contributed by atoms with van der Waals surface area (Å²) in [5.74, 6) is -1.08. The molecule has 14 heavy (non-hydrogen) atoms. The predicted octanol–water partition coefficient (Wildman–Crippen LogP) is -0.786. The van der Waals surface area contributed by atoms with Gasteiger partial charge in [0.15, 0.2) is 0 Å². The van der Waals surface area contributed by atoms with Crippen LogP contribution in [0.2, 0.25) is 0 Å². The summed E-state index contributed by atoms with van der Waals surface area (Å²) in [5.41, 5.74) is 0. The van der Waals surface area contributed by atoms with Gasteiger partial charge in [-0.3, -0.25) is 0 Å². The second-order valence-corrected chi connectivity index (χ2v) is 4.45. The van der Waals surface area contributed by atoms with Gasteiger partial charge in [0.05, 0.1) is 12.2 Å². The Morgan fingerprint density at radius 1 is 0.929 bits per heavy atom. The molecule has 6 unspecified atom stereocenters. The Morgan fingerprint density at radius 2 is 1.36 bits per heavy atom. The summed E-state index contributed by atoms with van der Waals surface area (Å²) in [5, 5.41) is 19.6. The van der Waals surface area contributed by atoms with Gasteiger partial charge in [-0.15, -0.1) is 0 Å². The van der Waals surface area contributed by atoms with Crippen LogP contribution in [0.3, 0.4) is 0 Å². The van der Waals surface area contributed by atoms with Crippen molar-refractivity contribution in [1.29, 1.82) is 0 Å². The molecule has 1 saturated carbocycles. The fraction of sp³-hybridized carbons (Fsp3) is 1.00. The van der Waals surface area contributed by atoms with Crippen molar-refractivity contribution >= 4 is 0 Å². The SMILES string of the molecule is CC1C2OC3(C)OC(C2O)C(O)[C@@H]1O3. The highest BCUT2D eigenvalue weighted by Gasteiger charge is 2.63. The fourth-order valence-electron chi connectivity index (χ4n) is 2.70. The maximum Gasteiger partial charge on any atom is 0.281 e. The van der Waals surface area contributed by atoms with E-state index in [-0.39, 0.29) is 18.1 Å². The quantitative estimate of drug-likeness (QED) is 0.539. The summed E-state index contributed by atoms with van der Waals surface area (Å²) in [4.78, 5) is 0. The Kier molecular flexibility index (Phi) is 1.61. The van der Waals surface area contributed by atoms with Crippen LogP contribution in [0.5, 0.6) is 0 Å². The zero-order chi connectivity index (χ0) is 10.1. The van der Waals surface area contributed by atoms with E-state index in [2.05, 4.69) is 0 Å². The summed E-state index contributed by atoms with van der Waals surface area (Å²) in [7, 11) is 0. The van der Waals surface area contributed by atoms with Crippen molar-refractivity contribution in [3.63, 3.8) is 0 Å². The van der Waals surface area contributed by atoms with Gasteiger partial charge in [-0.1, -0.05) is 6.92 Å². The van der Waals surface area contributed by atoms with Gasteiger partial charge in [0.25, 0.3) is 5.97 Å². The van der Waals surface area contributed by atoms with Gasteiger partial charge >= 0.3 is 0 Å². The van der Waals surface area contributed by atoms with Gasteiger partial charge in [0.2, 0.25) is 0 Å². The zero-order valence-electron chi connectivity index (χ0n) is 8.08. The molecule has 0 radical (unpaired) electrons. The molecule has 0 amide bonds. The highest BCUT2D eigenvalue weighted by Crippen LogP contribution is 2.47. The van der Waals surface area contributed by atoms with Crippen molar-refractivity contribution in [3.05, 3.63) is 0 Å². The van der Waals surface area contributed by atoms with Crippen LogP contribution >= 0.6 is 0 Å². The van der Waals surface area contributed by atoms with Crippen LogP contribution in [0, 0.1) is 5.92 Å². The molecule has 0 aromatic carbocycles. The number of aliphatic hydroxyl groups excluding tert-OH is 2. The first kappa shape index (κ1) is 9.06. The Balaban J connectivity index is 2.00. The Hall–Kier alpha value is -0.200.